The second-order valence-corrected chi connectivity index (χ2v) is 6.67. The van der Waals surface area contributed by atoms with Gasteiger partial charge in [-0.05, 0) is 28.4 Å². The number of hydrogen-bond donors (Lipinski definition) is 0. The molecule has 0 radical (unpaired) electrons. The van der Waals surface area contributed by atoms with Crippen molar-refractivity contribution in [2.45, 2.75) is 13.8 Å². The van der Waals surface area contributed by atoms with Crippen LogP contribution in [0.1, 0.15) is 25.1 Å². The Hall–Kier alpha value is -2.48. The molecule has 4 aliphatic carbocycles. The largest absolute Gasteiger partial charge is 0.159 e. The highest BCUT2D eigenvalue weighted by molar-refractivity contribution is 5.96. The maximum absolute atomic E-state index is 4.49. The minimum Gasteiger partial charge on any atom is -0.159 e. The van der Waals surface area contributed by atoms with Crippen LogP contribution >= 0.6 is 0 Å². The van der Waals surface area contributed by atoms with Gasteiger partial charge in [-0.15, -0.1) is 0 Å². The van der Waals surface area contributed by atoms with Crippen LogP contribution in [-0.4, -0.2) is 10.2 Å². The molecular formula is C20H16N2. The molecule has 1 aromatic rings. The zero-order valence-corrected chi connectivity index (χ0v) is 12.7. The molecule has 0 amide bonds. The molecule has 0 bridgehead atoms. The first kappa shape index (κ1) is 12.1. The van der Waals surface area contributed by atoms with Gasteiger partial charge in [-0.25, -0.2) is 0 Å². The Morgan fingerprint density at radius 1 is 0.818 bits per heavy atom. The second kappa shape index (κ2) is 3.64. The minimum absolute atomic E-state index is 0.0571. The molecule has 22 heavy (non-hydrogen) atoms. The van der Waals surface area contributed by atoms with Crippen LogP contribution in [-0.2, 0) is 0 Å². The van der Waals surface area contributed by atoms with E-state index in [1.54, 1.807) is 6.20 Å². The molecule has 0 fully saturated rings. The topological polar surface area (TPSA) is 25.8 Å². The van der Waals surface area contributed by atoms with E-state index in [0.29, 0.717) is 0 Å². The molecule has 1 aromatic heterocycles. The Labute approximate surface area is 130 Å². The van der Waals surface area contributed by atoms with E-state index < -0.39 is 0 Å². The molecule has 0 aromatic carbocycles. The lowest BCUT2D eigenvalue weighted by molar-refractivity contribution is 0.301. The standard InChI is InChI=1S/C20H16N2/c1-19-13-5-3-7-16(19)15-11-12-21-22-18(15)17-8-4-6-14(10-9-13)20(17,19)2/h3-12H,1-2H3/t19-,20-/m1/s1. The van der Waals surface area contributed by atoms with Crippen molar-refractivity contribution in [2.24, 2.45) is 10.8 Å². The van der Waals surface area contributed by atoms with Gasteiger partial charge in [0.05, 0.1) is 11.9 Å². The van der Waals surface area contributed by atoms with E-state index in [1.165, 1.54) is 27.9 Å². The maximum Gasteiger partial charge on any atom is 0.0974 e. The molecule has 0 spiro atoms. The van der Waals surface area contributed by atoms with Crippen molar-refractivity contribution in [1.29, 1.82) is 0 Å². The van der Waals surface area contributed by atoms with Crippen molar-refractivity contribution in [2.75, 3.05) is 0 Å². The number of rotatable bonds is 0. The van der Waals surface area contributed by atoms with Crippen LogP contribution < -0.4 is 0 Å². The third-order valence-corrected chi connectivity index (χ3v) is 6.02. The summed E-state index contributed by atoms with van der Waals surface area (Å²) < 4.78 is 0. The van der Waals surface area contributed by atoms with Gasteiger partial charge < -0.3 is 0 Å². The quantitative estimate of drug-likeness (QED) is 0.711. The zero-order chi connectivity index (χ0) is 14.9. The molecule has 0 N–H and O–H groups in total. The van der Waals surface area contributed by atoms with E-state index in [1.807, 2.05) is 0 Å². The average Bonchev–Trinajstić information content (AvgIpc) is 2.54. The fraction of sp³-hybridized carbons (Fsp3) is 0.200. The van der Waals surface area contributed by atoms with Gasteiger partial charge in [0.15, 0.2) is 0 Å². The van der Waals surface area contributed by atoms with E-state index in [2.05, 4.69) is 78.7 Å². The molecule has 1 heterocycles. The SMILES string of the molecule is C[C@@]12C3=CC=C4C=CC=C(c5nnccc5C1=CC=C3)[C@@]42C. The Morgan fingerprint density at radius 3 is 2.18 bits per heavy atom. The molecular weight excluding hydrogens is 268 g/mol. The molecule has 0 saturated carbocycles. The summed E-state index contributed by atoms with van der Waals surface area (Å²) in [7, 11) is 0. The van der Waals surface area contributed by atoms with Gasteiger partial charge in [0.25, 0.3) is 0 Å². The number of fused-ring (bicyclic) bond motifs is 3. The Morgan fingerprint density at radius 2 is 1.45 bits per heavy atom. The Bertz CT molecular complexity index is 832. The van der Waals surface area contributed by atoms with Crippen LogP contribution in [0.25, 0.3) is 11.1 Å². The lowest BCUT2D eigenvalue weighted by atomic mass is 9.45. The second-order valence-electron chi connectivity index (χ2n) is 6.67. The molecule has 5 rings (SSSR count). The highest BCUT2D eigenvalue weighted by Gasteiger charge is 2.58. The van der Waals surface area contributed by atoms with Crippen LogP contribution in [0.2, 0.25) is 0 Å². The predicted octanol–water partition coefficient (Wildman–Crippen LogP) is 4.28. The van der Waals surface area contributed by atoms with Crippen molar-refractivity contribution in [3.63, 3.8) is 0 Å². The number of hydrogen-bond acceptors (Lipinski definition) is 2. The summed E-state index contributed by atoms with van der Waals surface area (Å²) >= 11 is 0. The summed E-state index contributed by atoms with van der Waals surface area (Å²) in [6.45, 7) is 4.73. The summed E-state index contributed by atoms with van der Waals surface area (Å²) in [6, 6.07) is 2.10. The molecule has 4 aliphatic rings. The Balaban J connectivity index is 2.00. The van der Waals surface area contributed by atoms with Crippen molar-refractivity contribution >= 4 is 11.1 Å². The van der Waals surface area contributed by atoms with Crippen molar-refractivity contribution < 1.29 is 0 Å². The van der Waals surface area contributed by atoms with Crippen LogP contribution in [0, 0.1) is 10.8 Å². The number of aromatic nitrogens is 2. The van der Waals surface area contributed by atoms with Gasteiger partial charge in [0.1, 0.15) is 0 Å². The summed E-state index contributed by atoms with van der Waals surface area (Å²) in [5, 5.41) is 8.64. The molecule has 2 nitrogen and oxygen atoms in total. The maximum atomic E-state index is 4.49. The highest BCUT2D eigenvalue weighted by Crippen LogP contribution is 2.69. The van der Waals surface area contributed by atoms with Crippen molar-refractivity contribution in [3.05, 3.63) is 83.3 Å². The molecule has 0 unspecified atom stereocenters. The average molecular weight is 284 g/mol. The Kier molecular flexibility index (Phi) is 2.00. The number of nitrogens with zero attached hydrogens (tertiary/aromatic N) is 2. The summed E-state index contributed by atoms with van der Waals surface area (Å²) in [5.74, 6) is 0. The predicted molar refractivity (Wildman–Crippen MR) is 88.6 cm³/mol. The molecule has 2 heteroatoms. The highest BCUT2D eigenvalue weighted by atomic mass is 15.1. The van der Waals surface area contributed by atoms with E-state index in [-0.39, 0.29) is 10.8 Å². The lowest BCUT2D eigenvalue weighted by Gasteiger charge is -2.57. The summed E-state index contributed by atoms with van der Waals surface area (Å²) in [5.41, 5.74) is 7.46. The third kappa shape index (κ3) is 1.08. The third-order valence-electron chi connectivity index (χ3n) is 6.02. The minimum atomic E-state index is -0.0918. The smallest absolute Gasteiger partial charge is 0.0974 e. The van der Waals surface area contributed by atoms with Crippen LogP contribution in [0.4, 0.5) is 0 Å². The molecule has 2 atom stereocenters. The van der Waals surface area contributed by atoms with E-state index in [4.69, 9.17) is 0 Å². The number of allylic oxidation sites excluding steroid dienone is 12. The van der Waals surface area contributed by atoms with Crippen molar-refractivity contribution in [3.8, 4) is 0 Å². The summed E-state index contributed by atoms with van der Waals surface area (Å²) in [6.07, 6.45) is 19.6. The van der Waals surface area contributed by atoms with Gasteiger partial charge in [0.2, 0.25) is 0 Å². The first-order valence-corrected chi connectivity index (χ1v) is 7.70. The fourth-order valence-electron chi connectivity index (χ4n) is 4.64. The molecule has 0 saturated heterocycles. The molecule has 106 valence electrons. The first-order chi connectivity index (χ1) is 10.7. The normalized spacial score (nSPS) is 33.2. The van der Waals surface area contributed by atoms with Gasteiger partial charge in [-0.1, -0.05) is 62.5 Å². The van der Waals surface area contributed by atoms with Gasteiger partial charge in [-0.2, -0.15) is 10.2 Å². The lowest BCUT2D eigenvalue weighted by Crippen LogP contribution is -2.47. The van der Waals surface area contributed by atoms with E-state index >= 15 is 0 Å². The van der Waals surface area contributed by atoms with Gasteiger partial charge in [0, 0.05) is 16.4 Å². The van der Waals surface area contributed by atoms with E-state index in [0.717, 1.165) is 5.69 Å². The summed E-state index contributed by atoms with van der Waals surface area (Å²) in [4.78, 5) is 0. The first-order valence-electron chi connectivity index (χ1n) is 7.70. The monoisotopic (exact) mass is 284 g/mol. The molecule has 0 aliphatic heterocycles. The van der Waals surface area contributed by atoms with E-state index in [9.17, 15) is 0 Å². The van der Waals surface area contributed by atoms with Gasteiger partial charge in [-0.3, -0.25) is 0 Å². The van der Waals surface area contributed by atoms with Crippen LogP contribution in [0.15, 0.2) is 72.0 Å². The van der Waals surface area contributed by atoms with Gasteiger partial charge >= 0.3 is 0 Å². The van der Waals surface area contributed by atoms with Crippen molar-refractivity contribution in [1.82, 2.24) is 10.2 Å². The fourth-order valence-corrected chi connectivity index (χ4v) is 4.64. The van der Waals surface area contributed by atoms with Crippen LogP contribution in [0.3, 0.4) is 0 Å². The van der Waals surface area contributed by atoms with Crippen LogP contribution in [0.5, 0.6) is 0 Å². The zero-order valence-electron chi connectivity index (χ0n) is 12.7.